The van der Waals surface area contributed by atoms with Crippen LogP contribution in [0, 0.1) is 46.3 Å². The summed E-state index contributed by atoms with van der Waals surface area (Å²) in [5, 5.41) is 0. The van der Waals surface area contributed by atoms with Crippen molar-refractivity contribution in [2.45, 2.75) is 111 Å². The van der Waals surface area contributed by atoms with Gasteiger partial charge in [0.05, 0.1) is 5.75 Å². The van der Waals surface area contributed by atoms with Crippen LogP contribution in [0.4, 0.5) is 0 Å². The Kier molecular flexibility index (Phi) is 7.08. The van der Waals surface area contributed by atoms with Crippen LogP contribution >= 0.6 is 0 Å². The molecule has 1 amide bonds. The van der Waals surface area contributed by atoms with Gasteiger partial charge in [-0.2, -0.15) is 0 Å². The molecule has 0 spiro atoms. The molecule has 4 nitrogen and oxygen atoms in total. The Balaban J connectivity index is 1.39. The predicted octanol–water partition coefficient (Wildman–Crippen LogP) is 6.31. The number of sulfonamides is 1. The Morgan fingerprint density at radius 2 is 1.72 bits per heavy atom. The summed E-state index contributed by atoms with van der Waals surface area (Å²) < 4.78 is 26.1. The lowest BCUT2D eigenvalue weighted by atomic mass is 9.44. The summed E-state index contributed by atoms with van der Waals surface area (Å²) in [4.78, 5) is 12.3. The van der Waals surface area contributed by atoms with Crippen molar-refractivity contribution >= 4 is 15.9 Å². The third kappa shape index (κ3) is 4.41. The highest BCUT2D eigenvalue weighted by Gasteiger charge is 2.60. The number of fused-ring (bicyclic) bond motifs is 5. The van der Waals surface area contributed by atoms with E-state index >= 15 is 0 Å². The van der Waals surface area contributed by atoms with Gasteiger partial charge in [-0.1, -0.05) is 40.5 Å². The fourth-order valence-electron chi connectivity index (χ4n) is 9.37. The zero-order chi connectivity index (χ0) is 23.1. The minimum atomic E-state index is -3.46. The van der Waals surface area contributed by atoms with E-state index in [1.54, 1.807) is 0 Å². The van der Waals surface area contributed by atoms with Crippen LogP contribution < -0.4 is 4.72 Å². The molecular formula is C27H47NO3S. The molecule has 1 N–H and O–H groups in total. The van der Waals surface area contributed by atoms with Crippen LogP contribution in [0.1, 0.15) is 111 Å². The molecule has 0 aromatic rings. The highest BCUT2D eigenvalue weighted by molar-refractivity contribution is 7.90. The van der Waals surface area contributed by atoms with Crippen LogP contribution in [-0.4, -0.2) is 20.1 Å². The van der Waals surface area contributed by atoms with Gasteiger partial charge < -0.3 is 0 Å². The third-order valence-corrected chi connectivity index (χ3v) is 12.4. The fourth-order valence-corrected chi connectivity index (χ4v) is 10.5. The van der Waals surface area contributed by atoms with Crippen LogP contribution in [-0.2, 0) is 14.8 Å². The van der Waals surface area contributed by atoms with E-state index in [1.807, 2.05) is 6.92 Å². The van der Waals surface area contributed by atoms with E-state index < -0.39 is 10.0 Å². The van der Waals surface area contributed by atoms with Gasteiger partial charge in [0.1, 0.15) is 0 Å². The van der Waals surface area contributed by atoms with Gasteiger partial charge >= 0.3 is 0 Å². The number of hydrogen-bond donors (Lipinski definition) is 1. The molecule has 0 saturated heterocycles. The lowest BCUT2D eigenvalue weighted by molar-refractivity contribution is -0.121. The number of rotatable bonds is 7. The smallest absolute Gasteiger partial charge is 0.234 e. The van der Waals surface area contributed by atoms with E-state index in [4.69, 9.17) is 0 Å². The summed E-state index contributed by atoms with van der Waals surface area (Å²) >= 11 is 0. The molecule has 184 valence electrons. The molecule has 32 heavy (non-hydrogen) atoms. The van der Waals surface area contributed by atoms with E-state index in [1.165, 1.54) is 64.2 Å². The first kappa shape index (κ1) is 24.5. The normalized spacial score (nSPS) is 42.4. The summed E-state index contributed by atoms with van der Waals surface area (Å²) in [5.41, 5.74) is 0.997. The van der Waals surface area contributed by atoms with Gasteiger partial charge in [-0.05, 0) is 111 Å². The Hall–Kier alpha value is -0.580. The van der Waals surface area contributed by atoms with Crippen molar-refractivity contribution in [2.75, 3.05) is 5.75 Å². The van der Waals surface area contributed by atoms with E-state index in [0.717, 1.165) is 30.1 Å². The maximum absolute atomic E-state index is 12.3. The Morgan fingerprint density at radius 3 is 2.47 bits per heavy atom. The van der Waals surface area contributed by atoms with Gasteiger partial charge in [0.25, 0.3) is 0 Å². The number of amides is 1. The summed E-state index contributed by atoms with van der Waals surface area (Å²) in [6, 6.07) is 0. The second kappa shape index (κ2) is 9.23. The minimum absolute atomic E-state index is 0.0268. The first-order chi connectivity index (χ1) is 15.1. The number of hydrogen-bond acceptors (Lipinski definition) is 3. The third-order valence-electron chi connectivity index (χ3n) is 10.9. The van der Waals surface area contributed by atoms with Crippen LogP contribution in [0.25, 0.3) is 0 Å². The highest BCUT2D eigenvalue weighted by Crippen LogP contribution is 2.68. The first-order valence-corrected chi connectivity index (χ1v) is 15.3. The molecule has 0 aromatic heterocycles. The molecule has 7 unspecified atom stereocenters. The van der Waals surface area contributed by atoms with Gasteiger partial charge in [0.2, 0.25) is 15.9 Å². The summed E-state index contributed by atoms with van der Waals surface area (Å²) in [7, 11) is -3.46. The molecule has 0 radical (unpaired) electrons. The quantitative estimate of drug-likeness (QED) is 0.479. The molecule has 8 atom stereocenters. The van der Waals surface area contributed by atoms with E-state index in [0.29, 0.717) is 35.5 Å². The monoisotopic (exact) mass is 465 g/mol. The molecule has 0 heterocycles. The average molecular weight is 466 g/mol. The molecule has 5 heteroatoms. The highest BCUT2D eigenvalue weighted by atomic mass is 32.2. The first-order valence-electron chi connectivity index (χ1n) is 13.6. The molecular weight excluding hydrogens is 418 g/mol. The topological polar surface area (TPSA) is 63.2 Å². The zero-order valence-corrected chi connectivity index (χ0v) is 21.8. The summed E-state index contributed by atoms with van der Waals surface area (Å²) in [5.74, 6) is 4.52. The van der Waals surface area contributed by atoms with E-state index in [9.17, 15) is 13.2 Å². The predicted molar refractivity (Wildman–Crippen MR) is 130 cm³/mol. The molecule has 4 aliphatic carbocycles. The van der Waals surface area contributed by atoms with Crippen molar-refractivity contribution in [3.63, 3.8) is 0 Å². The van der Waals surface area contributed by atoms with E-state index in [-0.39, 0.29) is 11.7 Å². The SMILES string of the molecule is CCCS(=O)(=O)NC(=O)CCC(C)C1CCC2C3CCC4CCCC[C@]4(C)C3CCC12C. The van der Waals surface area contributed by atoms with Crippen molar-refractivity contribution < 1.29 is 13.2 Å². The average Bonchev–Trinajstić information content (AvgIpc) is 3.08. The summed E-state index contributed by atoms with van der Waals surface area (Å²) in [6.07, 6.45) is 15.8. The Labute approximate surface area is 197 Å². The van der Waals surface area contributed by atoms with E-state index in [2.05, 4.69) is 25.5 Å². The van der Waals surface area contributed by atoms with Crippen LogP contribution in [0.3, 0.4) is 0 Å². The van der Waals surface area contributed by atoms with Crippen molar-refractivity contribution in [3.05, 3.63) is 0 Å². The lowest BCUT2D eigenvalue weighted by Gasteiger charge is -2.61. The molecule has 0 bridgehead atoms. The van der Waals surface area contributed by atoms with Gasteiger partial charge in [0.15, 0.2) is 0 Å². The van der Waals surface area contributed by atoms with Crippen LogP contribution in [0.15, 0.2) is 0 Å². The second-order valence-corrected chi connectivity index (χ2v) is 14.3. The maximum Gasteiger partial charge on any atom is 0.234 e. The summed E-state index contributed by atoms with van der Waals surface area (Å²) in [6.45, 7) is 9.36. The Morgan fingerprint density at radius 1 is 0.969 bits per heavy atom. The number of nitrogens with one attached hydrogen (secondary N) is 1. The van der Waals surface area contributed by atoms with Gasteiger partial charge in [-0.25, -0.2) is 8.42 Å². The van der Waals surface area contributed by atoms with Gasteiger partial charge in [-0.3, -0.25) is 9.52 Å². The van der Waals surface area contributed by atoms with Gasteiger partial charge in [0, 0.05) is 6.42 Å². The maximum atomic E-state index is 12.3. The Bertz CT molecular complexity index is 795. The minimum Gasteiger partial charge on any atom is -0.274 e. The van der Waals surface area contributed by atoms with Crippen molar-refractivity contribution in [1.82, 2.24) is 4.72 Å². The molecule has 4 rings (SSSR count). The van der Waals surface area contributed by atoms with Crippen molar-refractivity contribution in [2.24, 2.45) is 46.3 Å². The van der Waals surface area contributed by atoms with Crippen LogP contribution in [0.5, 0.6) is 0 Å². The van der Waals surface area contributed by atoms with Crippen LogP contribution in [0.2, 0.25) is 0 Å². The fraction of sp³-hybridized carbons (Fsp3) is 0.963. The molecule has 4 aliphatic rings. The molecule has 0 aromatic carbocycles. The molecule has 4 fully saturated rings. The molecule has 0 aliphatic heterocycles. The van der Waals surface area contributed by atoms with Gasteiger partial charge in [-0.15, -0.1) is 0 Å². The van der Waals surface area contributed by atoms with Crippen molar-refractivity contribution in [3.8, 4) is 0 Å². The number of carbonyl (C=O) groups is 1. The largest absolute Gasteiger partial charge is 0.274 e. The lowest BCUT2D eigenvalue weighted by Crippen LogP contribution is -2.53. The standard InChI is InChI=1S/C27H47NO3S/c1-5-18-32(30,31)28-25(29)14-9-19(2)22-12-13-23-21-11-10-20-8-6-7-16-26(20,3)24(21)15-17-27(22,23)4/h19-24H,5-18H2,1-4H3,(H,28,29)/t19?,20?,21?,22?,23?,24?,26-,27?/m0/s1. The zero-order valence-electron chi connectivity index (χ0n) is 21.0. The van der Waals surface area contributed by atoms with Crippen molar-refractivity contribution in [1.29, 1.82) is 0 Å². The number of carbonyl (C=O) groups excluding carboxylic acids is 1. The second-order valence-electron chi connectivity index (χ2n) is 12.5. The molecule has 4 saturated carbocycles.